The van der Waals surface area contributed by atoms with Gasteiger partial charge in [0, 0.05) is 12.6 Å². The smallest absolute Gasteiger partial charge is 0.189 e. The zero-order chi connectivity index (χ0) is 20.0. The first-order chi connectivity index (χ1) is 11.9. The number of rotatable bonds is 9. The number of terminal acetylenes is 1. The number of nitrogens with one attached hydrogen (secondary N) is 1. The number of hydrogen-bond acceptors (Lipinski definition) is 5. The van der Waals surface area contributed by atoms with Crippen LogP contribution in [0.2, 0.25) is 0 Å². The van der Waals surface area contributed by atoms with E-state index in [1.165, 1.54) is 6.08 Å². The highest BCUT2D eigenvalue weighted by molar-refractivity contribution is 5.98. The van der Waals surface area contributed by atoms with Gasteiger partial charge < -0.3 is 20.6 Å². The van der Waals surface area contributed by atoms with E-state index in [4.69, 9.17) is 6.42 Å². The number of allylic oxidation sites excluding steroid dienone is 1. The molecule has 0 unspecified atom stereocenters. The molecular weight excluding hydrogens is 330 g/mol. The van der Waals surface area contributed by atoms with Crippen molar-refractivity contribution in [2.45, 2.75) is 71.2 Å². The maximum Gasteiger partial charge on any atom is 0.189 e. The second-order valence-corrected chi connectivity index (χ2v) is 8.80. The fraction of sp³-hybridized carbons (Fsp3) is 0.667. The molecule has 0 spiro atoms. The summed E-state index contributed by atoms with van der Waals surface area (Å²) in [6.07, 6.45) is 11.5. The van der Waals surface area contributed by atoms with E-state index in [1.54, 1.807) is 0 Å². The Morgan fingerprint density at radius 3 is 2.54 bits per heavy atom. The Morgan fingerprint density at radius 1 is 1.27 bits per heavy atom. The van der Waals surface area contributed by atoms with Crippen LogP contribution >= 0.6 is 0 Å². The molecule has 5 heteroatoms. The predicted molar refractivity (Wildman–Crippen MR) is 103 cm³/mol. The summed E-state index contributed by atoms with van der Waals surface area (Å²) in [5, 5.41) is 33.5. The second kappa shape index (κ2) is 8.85. The van der Waals surface area contributed by atoms with Crippen molar-refractivity contribution in [3.63, 3.8) is 0 Å². The average molecular weight is 363 g/mol. The van der Waals surface area contributed by atoms with Crippen LogP contribution in [-0.2, 0) is 4.79 Å². The van der Waals surface area contributed by atoms with Crippen LogP contribution in [0.3, 0.4) is 0 Å². The summed E-state index contributed by atoms with van der Waals surface area (Å²) in [7, 11) is 0. The summed E-state index contributed by atoms with van der Waals surface area (Å²) >= 11 is 0. The van der Waals surface area contributed by atoms with Gasteiger partial charge in [0.1, 0.15) is 12.2 Å². The summed E-state index contributed by atoms with van der Waals surface area (Å²) in [4.78, 5) is 12.2. The predicted octanol–water partition coefficient (Wildman–Crippen LogP) is 1.93. The van der Waals surface area contributed by atoms with Gasteiger partial charge in [-0.05, 0) is 48.7 Å². The van der Waals surface area contributed by atoms with Crippen molar-refractivity contribution in [1.29, 1.82) is 0 Å². The van der Waals surface area contributed by atoms with Crippen LogP contribution in [0.15, 0.2) is 24.3 Å². The quantitative estimate of drug-likeness (QED) is 0.218. The average Bonchev–Trinajstić information content (AvgIpc) is 2.51. The van der Waals surface area contributed by atoms with Gasteiger partial charge in [-0.2, -0.15) is 0 Å². The third-order valence-electron chi connectivity index (χ3n) is 4.76. The lowest BCUT2D eigenvalue weighted by Crippen LogP contribution is -2.58. The van der Waals surface area contributed by atoms with Gasteiger partial charge in [-0.1, -0.05) is 46.3 Å². The summed E-state index contributed by atoms with van der Waals surface area (Å²) in [6.45, 7) is 8.95. The van der Waals surface area contributed by atoms with Gasteiger partial charge in [-0.15, -0.1) is 0 Å². The normalized spacial score (nSPS) is 26.9. The summed E-state index contributed by atoms with van der Waals surface area (Å²) < 4.78 is 0. The van der Waals surface area contributed by atoms with E-state index in [1.807, 2.05) is 13.8 Å². The van der Waals surface area contributed by atoms with E-state index >= 15 is 0 Å². The Bertz CT molecular complexity index is 585. The Balaban J connectivity index is 2.70. The third kappa shape index (κ3) is 6.28. The van der Waals surface area contributed by atoms with E-state index in [9.17, 15) is 20.1 Å². The number of ketones is 1. The first-order valence-corrected chi connectivity index (χ1v) is 9.08. The van der Waals surface area contributed by atoms with Crippen LogP contribution in [-0.4, -0.2) is 45.5 Å². The molecule has 3 atom stereocenters. The molecule has 0 aromatic heterocycles. The highest BCUT2D eigenvalue weighted by Crippen LogP contribution is 2.43. The molecule has 0 aromatic rings. The van der Waals surface area contributed by atoms with E-state index in [-0.39, 0.29) is 11.8 Å². The Hall–Kier alpha value is -1.61. The first kappa shape index (κ1) is 22.4. The molecule has 0 aromatic carbocycles. The van der Waals surface area contributed by atoms with Crippen molar-refractivity contribution in [1.82, 2.24) is 5.32 Å². The molecule has 0 fully saturated rings. The number of aliphatic hydroxyl groups excluding tert-OH is 2. The van der Waals surface area contributed by atoms with Crippen LogP contribution in [0.25, 0.3) is 0 Å². The van der Waals surface area contributed by atoms with Crippen LogP contribution in [0.1, 0.15) is 53.4 Å². The molecule has 4 N–H and O–H groups in total. The molecule has 5 nitrogen and oxygen atoms in total. The topological polar surface area (TPSA) is 89.8 Å². The summed E-state index contributed by atoms with van der Waals surface area (Å²) in [5.41, 5.74) is -2.41. The molecule has 26 heavy (non-hydrogen) atoms. The number of carbonyl (C=O) groups excluding carboxylic acids is 1. The molecule has 0 aliphatic heterocycles. The molecule has 1 aliphatic rings. The minimum Gasteiger partial charge on any atom is -0.387 e. The molecule has 0 radical (unpaired) electrons. The van der Waals surface area contributed by atoms with Gasteiger partial charge in [0.2, 0.25) is 0 Å². The van der Waals surface area contributed by atoms with Crippen molar-refractivity contribution < 1.29 is 20.1 Å². The van der Waals surface area contributed by atoms with Gasteiger partial charge in [-0.25, -0.2) is 0 Å². The summed E-state index contributed by atoms with van der Waals surface area (Å²) in [5.74, 6) is -0.554. The molecule has 1 aliphatic carbocycles. The molecular formula is C21H33NO4. The van der Waals surface area contributed by atoms with Crippen molar-refractivity contribution in [3.8, 4) is 12.5 Å². The van der Waals surface area contributed by atoms with Gasteiger partial charge in [0.25, 0.3) is 0 Å². The maximum atomic E-state index is 12.2. The number of carbonyl (C=O) groups is 1. The minimum atomic E-state index is -1.95. The van der Waals surface area contributed by atoms with Crippen molar-refractivity contribution in [2.24, 2.45) is 10.8 Å². The van der Waals surface area contributed by atoms with Crippen LogP contribution in [0.5, 0.6) is 0 Å². The lowest BCUT2D eigenvalue weighted by atomic mass is 9.66. The molecule has 0 amide bonds. The van der Waals surface area contributed by atoms with Crippen molar-refractivity contribution >= 4 is 5.78 Å². The third-order valence-corrected chi connectivity index (χ3v) is 4.76. The number of aliphatic hydroxyl groups is 3. The van der Waals surface area contributed by atoms with Gasteiger partial charge in [0.05, 0.1) is 0 Å². The molecule has 0 saturated carbocycles. The number of hydrogen-bond donors (Lipinski definition) is 4. The van der Waals surface area contributed by atoms with Gasteiger partial charge >= 0.3 is 0 Å². The highest BCUT2D eigenvalue weighted by Gasteiger charge is 2.50. The standard InChI is InChI=1S/C21H33NO4/c1-6-22-13-9-7-8-12-19(2,3)14-20(4,5)15-21(26)17(24)11-10-16(23)18(21)25/h1,7-8,10-11,16,18,22-23,25-26H,9,12-15H2,2-5H3/b8-7-/t16-,18+,21-/m0/s1. The zero-order valence-electron chi connectivity index (χ0n) is 16.3. The Morgan fingerprint density at radius 2 is 1.92 bits per heavy atom. The Labute approximate surface area is 157 Å². The van der Waals surface area contributed by atoms with Crippen molar-refractivity contribution in [2.75, 3.05) is 6.54 Å². The summed E-state index contributed by atoms with van der Waals surface area (Å²) in [6, 6.07) is 2.38. The fourth-order valence-corrected chi connectivity index (χ4v) is 3.96. The SMILES string of the molecule is C#CNCC/C=C\CC(C)(C)CC(C)(C)C[C@]1(O)C(=O)C=C[C@H](O)[C@H]1O. The maximum absolute atomic E-state index is 12.2. The highest BCUT2D eigenvalue weighted by atomic mass is 16.4. The largest absolute Gasteiger partial charge is 0.387 e. The molecule has 0 bridgehead atoms. The zero-order valence-corrected chi connectivity index (χ0v) is 16.3. The van der Waals surface area contributed by atoms with Crippen LogP contribution < -0.4 is 5.32 Å². The van der Waals surface area contributed by atoms with E-state index < -0.39 is 29.0 Å². The Kier molecular flexibility index (Phi) is 7.64. The van der Waals surface area contributed by atoms with Crippen LogP contribution in [0, 0.1) is 23.3 Å². The first-order valence-electron chi connectivity index (χ1n) is 9.08. The molecule has 1 rings (SSSR count). The molecule has 0 saturated heterocycles. The van der Waals surface area contributed by atoms with Crippen LogP contribution in [0.4, 0.5) is 0 Å². The van der Waals surface area contributed by atoms with E-state index in [0.717, 1.165) is 31.9 Å². The lowest BCUT2D eigenvalue weighted by Gasteiger charge is -2.43. The van der Waals surface area contributed by atoms with Gasteiger partial charge in [-0.3, -0.25) is 4.79 Å². The second-order valence-electron chi connectivity index (χ2n) is 8.80. The lowest BCUT2D eigenvalue weighted by molar-refractivity contribution is -0.164. The molecule has 146 valence electrons. The van der Waals surface area contributed by atoms with Crippen molar-refractivity contribution in [3.05, 3.63) is 24.3 Å². The van der Waals surface area contributed by atoms with E-state index in [0.29, 0.717) is 0 Å². The minimum absolute atomic E-state index is 0.0486. The molecule has 0 heterocycles. The van der Waals surface area contributed by atoms with Gasteiger partial charge in [0.15, 0.2) is 11.4 Å². The fourth-order valence-electron chi connectivity index (χ4n) is 3.96. The monoisotopic (exact) mass is 363 g/mol. The van der Waals surface area contributed by atoms with E-state index in [2.05, 4.69) is 37.4 Å².